The number of rotatable bonds is 11. The van der Waals surface area contributed by atoms with Gasteiger partial charge in [0.05, 0.1) is 31.5 Å². The second kappa shape index (κ2) is 12.9. The minimum Gasteiger partial charge on any atom is -0.490 e. The highest BCUT2D eigenvalue weighted by Gasteiger charge is 2.23. The van der Waals surface area contributed by atoms with Crippen LogP contribution >= 0.6 is 0 Å². The summed E-state index contributed by atoms with van der Waals surface area (Å²) in [7, 11) is 0. The first-order valence-corrected chi connectivity index (χ1v) is 13.1. The van der Waals surface area contributed by atoms with E-state index in [1.807, 2.05) is 26.8 Å². The van der Waals surface area contributed by atoms with Crippen LogP contribution in [0.5, 0.6) is 11.5 Å². The normalized spacial score (nSPS) is 17.3. The molecule has 1 aromatic carbocycles. The lowest BCUT2D eigenvalue weighted by molar-refractivity contribution is -0.137. The molecule has 1 atom stereocenters. The third-order valence-corrected chi connectivity index (χ3v) is 6.81. The molecule has 0 spiro atoms. The molecular weight excluding hydrogens is 492 g/mol. The van der Waals surface area contributed by atoms with Gasteiger partial charge in [0.15, 0.2) is 24.7 Å². The zero-order valence-corrected chi connectivity index (χ0v) is 22.3. The predicted molar refractivity (Wildman–Crippen MR) is 138 cm³/mol. The van der Waals surface area contributed by atoms with E-state index in [4.69, 9.17) is 23.7 Å². The zero-order chi connectivity index (χ0) is 27.1. The Kier molecular flexibility index (Phi) is 9.41. The van der Waals surface area contributed by atoms with Crippen molar-refractivity contribution in [2.24, 2.45) is 0 Å². The summed E-state index contributed by atoms with van der Waals surface area (Å²) in [5, 5.41) is 0. The number of morpholine rings is 1. The summed E-state index contributed by atoms with van der Waals surface area (Å²) < 4.78 is 29.8. The second-order valence-corrected chi connectivity index (χ2v) is 9.41. The molecule has 0 radical (unpaired) electrons. The molecule has 10 nitrogen and oxygen atoms in total. The smallest absolute Gasteiger partial charge is 0.338 e. The number of ketones is 1. The number of nitrogens with zero attached hydrogens (tertiary/aromatic N) is 2. The van der Waals surface area contributed by atoms with Gasteiger partial charge in [-0.1, -0.05) is 0 Å². The Morgan fingerprint density at radius 3 is 2.50 bits per heavy atom. The van der Waals surface area contributed by atoms with Crippen molar-refractivity contribution in [1.29, 1.82) is 0 Å². The number of carbonyl (C=O) groups excluding carboxylic acids is 3. The SMILES string of the molecule is CCOc1cc(C(=O)OCC(=O)c2cc(C)n(C[C@@H]3CCCO3)c2C)ccc1OCC(=O)N1CCOCC1. The van der Waals surface area contributed by atoms with E-state index in [-0.39, 0.29) is 36.6 Å². The highest BCUT2D eigenvalue weighted by Crippen LogP contribution is 2.29. The minimum atomic E-state index is -0.650. The van der Waals surface area contributed by atoms with Crippen LogP contribution in [-0.4, -0.2) is 86.0 Å². The van der Waals surface area contributed by atoms with E-state index >= 15 is 0 Å². The van der Waals surface area contributed by atoms with Gasteiger partial charge in [0.1, 0.15) is 0 Å². The molecule has 1 amide bonds. The van der Waals surface area contributed by atoms with Crippen molar-refractivity contribution in [2.45, 2.75) is 46.3 Å². The maximum absolute atomic E-state index is 12.9. The van der Waals surface area contributed by atoms with Crippen molar-refractivity contribution < 1.29 is 38.1 Å². The van der Waals surface area contributed by atoms with Crippen LogP contribution in [0.3, 0.4) is 0 Å². The molecular formula is C28H36N2O8. The number of aryl methyl sites for hydroxylation is 1. The quantitative estimate of drug-likeness (QED) is 0.324. The first kappa shape index (κ1) is 27.7. The molecule has 10 heteroatoms. The average molecular weight is 529 g/mol. The van der Waals surface area contributed by atoms with E-state index in [1.54, 1.807) is 11.0 Å². The van der Waals surface area contributed by atoms with Gasteiger partial charge in [-0.25, -0.2) is 4.79 Å². The van der Waals surface area contributed by atoms with Crippen LogP contribution in [0.25, 0.3) is 0 Å². The van der Waals surface area contributed by atoms with Crippen LogP contribution in [-0.2, 0) is 25.5 Å². The van der Waals surface area contributed by atoms with Crippen molar-refractivity contribution in [1.82, 2.24) is 9.47 Å². The van der Waals surface area contributed by atoms with Gasteiger partial charge in [-0.2, -0.15) is 0 Å². The van der Waals surface area contributed by atoms with Crippen molar-refractivity contribution in [3.8, 4) is 11.5 Å². The molecule has 3 heterocycles. The van der Waals surface area contributed by atoms with Crippen LogP contribution in [0.1, 0.15) is 51.9 Å². The molecule has 38 heavy (non-hydrogen) atoms. The van der Waals surface area contributed by atoms with Gasteiger partial charge in [-0.05, 0) is 57.9 Å². The molecule has 0 unspecified atom stereocenters. The number of hydrogen-bond donors (Lipinski definition) is 0. The van der Waals surface area contributed by atoms with Crippen LogP contribution < -0.4 is 9.47 Å². The zero-order valence-electron chi connectivity index (χ0n) is 22.3. The number of Topliss-reactive ketones (excluding diaryl/α,β-unsaturated/α-hetero) is 1. The van der Waals surface area contributed by atoms with Gasteiger partial charge in [-0.15, -0.1) is 0 Å². The summed E-state index contributed by atoms with van der Waals surface area (Å²) in [6.45, 7) is 9.04. The Morgan fingerprint density at radius 2 is 1.79 bits per heavy atom. The van der Waals surface area contributed by atoms with Gasteiger partial charge >= 0.3 is 5.97 Å². The Hall–Kier alpha value is -3.37. The van der Waals surface area contributed by atoms with E-state index in [0.717, 1.165) is 30.8 Å². The fourth-order valence-electron chi connectivity index (χ4n) is 4.71. The monoisotopic (exact) mass is 528 g/mol. The maximum Gasteiger partial charge on any atom is 0.338 e. The molecule has 2 aromatic rings. The molecule has 2 saturated heterocycles. The second-order valence-electron chi connectivity index (χ2n) is 9.41. The lowest BCUT2D eigenvalue weighted by Crippen LogP contribution is -2.43. The van der Waals surface area contributed by atoms with Crippen LogP contribution in [0.2, 0.25) is 0 Å². The summed E-state index contributed by atoms with van der Waals surface area (Å²) in [5.41, 5.74) is 2.57. The number of carbonyl (C=O) groups is 3. The Balaban J connectivity index is 1.35. The highest BCUT2D eigenvalue weighted by molar-refractivity contribution is 6.00. The van der Waals surface area contributed by atoms with Crippen molar-refractivity contribution in [3.05, 3.63) is 46.8 Å². The van der Waals surface area contributed by atoms with Crippen LogP contribution in [0, 0.1) is 13.8 Å². The molecule has 0 saturated carbocycles. The third kappa shape index (κ3) is 6.73. The minimum absolute atomic E-state index is 0.145. The standard InChI is InChI=1S/C28H36N2O8/c1-4-35-26-15-21(7-8-25(26)37-18-27(32)29-9-12-34-13-10-29)28(33)38-17-24(31)23-14-19(2)30(20(23)3)16-22-6-5-11-36-22/h7-8,14-15,22H,4-6,9-13,16-18H2,1-3H3/t22-/m0/s1. The summed E-state index contributed by atoms with van der Waals surface area (Å²) >= 11 is 0. The van der Waals surface area contributed by atoms with E-state index in [9.17, 15) is 14.4 Å². The van der Waals surface area contributed by atoms with Gasteiger partial charge in [0, 0.05) is 43.2 Å². The van der Waals surface area contributed by atoms with E-state index < -0.39 is 5.97 Å². The molecule has 0 N–H and O–H groups in total. The molecule has 0 aliphatic carbocycles. The van der Waals surface area contributed by atoms with Crippen LogP contribution in [0.4, 0.5) is 0 Å². The molecule has 2 aliphatic rings. The van der Waals surface area contributed by atoms with Gasteiger partial charge in [0.25, 0.3) is 5.91 Å². The van der Waals surface area contributed by atoms with Gasteiger partial charge < -0.3 is 33.2 Å². The molecule has 0 bridgehead atoms. The molecule has 2 fully saturated rings. The molecule has 4 rings (SSSR count). The van der Waals surface area contributed by atoms with Crippen molar-refractivity contribution in [3.63, 3.8) is 0 Å². The number of ether oxygens (including phenoxy) is 5. The topological polar surface area (TPSA) is 106 Å². The maximum atomic E-state index is 12.9. The number of esters is 1. The Bertz CT molecular complexity index is 1150. The number of hydrogen-bond acceptors (Lipinski definition) is 8. The summed E-state index contributed by atoms with van der Waals surface area (Å²) in [6, 6.07) is 6.42. The largest absolute Gasteiger partial charge is 0.490 e. The van der Waals surface area contributed by atoms with Crippen molar-refractivity contribution >= 4 is 17.7 Å². The molecule has 206 valence electrons. The number of benzene rings is 1. The molecule has 2 aliphatic heterocycles. The average Bonchev–Trinajstić information content (AvgIpc) is 3.55. The van der Waals surface area contributed by atoms with Crippen molar-refractivity contribution in [2.75, 3.05) is 52.7 Å². The van der Waals surface area contributed by atoms with E-state index in [0.29, 0.717) is 56.5 Å². The fraction of sp³-hybridized carbons (Fsp3) is 0.536. The number of aromatic nitrogens is 1. The summed E-state index contributed by atoms with van der Waals surface area (Å²) in [5.74, 6) is -0.395. The van der Waals surface area contributed by atoms with Crippen LogP contribution in [0.15, 0.2) is 24.3 Å². The van der Waals surface area contributed by atoms with Gasteiger partial charge in [-0.3, -0.25) is 9.59 Å². The third-order valence-electron chi connectivity index (χ3n) is 6.81. The first-order valence-electron chi connectivity index (χ1n) is 13.1. The summed E-state index contributed by atoms with van der Waals surface area (Å²) in [6.07, 6.45) is 2.22. The Morgan fingerprint density at radius 1 is 1.00 bits per heavy atom. The lowest BCUT2D eigenvalue weighted by Gasteiger charge is -2.26. The summed E-state index contributed by atoms with van der Waals surface area (Å²) in [4.78, 5) is 39.7. The highest BCUT2D eigenvalue weighted by atomic mass is 16.5. The lowest BCUT2D eigenvalue weighted by atomic mass is 10.1. The number of amides is 1. The molecule has 1 aromatic heterocycles. The van der Waals surface area contributed by atoms with Gasteiger partial charge in [0.2, 0.25) is 5.78 Å². The van der Waals surface area contributed by atoms with E-state index in [1.165, 1.54) is 12.1 Å². The predicted octanol–water partition coefficient (Wildman–Crippen LogP) is 2.96. The first-order chi connectivity index (χ1) is 18.4. The van der Waals surface area contributed by atoms with E-state index in [2.05, 4.69) is 4.57 Å². The fourth-order valence-corrected chi connectivity index (χ4v) is 4.71. The Labute approximate surface area is 222 Å².